The molecule has 2 rings (SSSR count). The van der Waals surface area contributed by atoms with Gasteiger partial charge in [0.25, 0.3) is 0 Å². The molecule has 1 aromatic heterocycles. The summed E-state index contributed by atoms with van der Waals surface area (Å²) >= 11 is 0. The van der Waals surface area contributed by atoms with Crippen molar-refractivity contribution >= 4 is 11.8 Å². The fourth-order valence-electron chi connectivity index (χ4n) is 1.88. The van der Waals surface area contributed by atoms with E-state index < -0.39 is 24.2 Å². The van der Waals surface area contributed by atoms with Crippen LogP contribution < -0.4 is 4.74 Å². The number of benzene rings is 1. The van der Waals surface area contributed by atoms with Gasteiger partial charge in [-0.25, -0.2) is 9.18 Å². The zero-order chi connectivity index (χ0) is 16.3. The molecule has 0 radical (unpaired) electrons. The Labute approximate surface area is 126 Å². The number of ether oxygens (including phenoxy) is 2. The number of ketones is 1. The van der Waals surface area contributed by atoms with E-state index in [4.69, 9.17) is 9.47 Å². The quantitative estimate of drug-likeness (QED) is 0.623. The van der Waals surface area contributed by atoms with Crippen molar-refractivity contribution in [1.82, 2.24) is 9.78 Å². The second-order valence-electron chi connectivity index (χ2n) is 4.61. The van der Waals surface area contributed by atoms with Gasteiger partial charge in [-0.1, -0.05) is 0 Å². The predicted molar refractivity (Wildman–Crippen MR) is 75.5 cm³/mol. The summed E-state index contributed by atoms with van der Waals surface area (Å²) in [5.74, 6) is -1.56. The maximum Gasteiger partial charge on any atom is 0.342 e. The third-order valence-corrected chi connectivity index (χ3v) is 3.25. The van der Waals surface area contributed by atoms with Crippen LogP contribution in [-0.4, -0.2) is 35.2 Å². The molecule has 0 saturated carbocycles. The Kier molecular flexibility index (Phi) is 4.55. The average Bonchev–Trinajstić information content (AvgIpc) is 2.84. The van der Waals surface area contributed by atoms with Crippen LogP contribution in [0.1, 0.15) is 26.4 Å². The fourth-order valence-corrected chi connectivity index (χ4v) is 1.88. The lowest BCUT2D eigenvalue weighted by atomic mass is 10.1. The fraction of sp³-hybridized carbons (Fsp3) is 0.267. The van der Waals surface area contributed by atoms with Crippen LogP contribution >= 0.6 is 0 Å². The van der Waals surface area contributed by atoms with Gasteiger partial charge in [0.15, 0.2) is 6.61 Å². The summed E-state index contributed by atoms with van der Waals surface area (Å²) in [6.45, 7) is 1.20. The van der Waals surface area contributed by atoms with Crippen molar-refractivity contribution in [3.8, 4) is 5.75 Å². The zero-order valence-corrected chi connectivity index (χ0v) is 12.4. The van der Waals surface area contributed by atoms with Gasteiger partial charge in [0.2, 0.25) is 5.78 Å². The lowest BCUT2D eigenvalue weighted by Crippen LogP contribution is -2.15. The van der Waals surface area contributed by atoms with Gasteiger partial charge in [-0.3, -0.25) is 9.48 Å². The highest BCUT2D eigenvalue weighted by Gasteiger charge is 2.18. The molecule has 0 N–H and O–H groups in total. The minimum Gasteiger partial charge on any atom is -0.496 e. The Bertz CT molecular complexity index is 724. The summed E-state index contributed by atoms with van der Waals surface area (Å²) in [5.41, 5.74) is 0.931. The van der Waals surface area contributed by atoms with Crippen molar-refractivity contribution in [1.29, 1.82) is 0 Å². The van der Waals surface area contributed by atoms with Gasteiger partial charge in [0.1, 0.15) is 17.1 Å². The summed E-state index contributed by atoms with van der Waals surface area (Å²) in [7, 11) is 3.06. The topological polar surface area (TPSA) is 70.4 Å². The third-order valence-electron chi connectivity index (χ3n) is 3.25. The Balaban J connectivity index is 2.09. The number of rotatable bonds is 5. The van der Waals surface area contributed by atoms with Gasteiger partial charge in [0.05, 0.1) is 18.9 Å². The molecular weight excluding hydrogens is 291 g/mol. The van der Waals surface area contributed by atoms with Crippen LogP contribution in [0.4, 0.5) is 4.39 Å². The molecule has 0 spiro atoms. The molecule has 7 heteroatoms. The molecular formula is C15H15FN2O4. The largest absolute Gasteiger partial charge is 0.496 e. The smallest absolute Gasteiger partial charge is 0.342 e. The van der Waals surface area contributed by atoms with Gasteiger partial charge in [0, 0.05) is 12.7 Å². The SMILES string of the molecule is COc1ccc(F)cc1C(=O)COC(=O)c1cnn(C)c1C. The molecule has 0 atom stereocenters. The maximum atomic E-state index is 13.2. The van der Waals surface area contributed by atoms with Crippen molar-refractivity contribution in [2.45, 2.75) is 6.92 Å². The molecule has 22 heavy (non-hydrogen) atoms. The van der Waals surface area contributed by atoms with E-state index in [2.05, 4.69) is 5.10 Å². The number of methoxy groups -OCH3 is 1. The predicted octanol–water partition coefficient (Wildman–Crippen LogP) is 1.92. The molecule has 0 bridgehead atoms. The van der Waals surface area contributed by atoms with Crippen LogP contribution in [0.25, 0.3) is 0 Å². The monoisotopic (exact) mass is 306 g/mol. The molecule has 0 unspecified atom stereocenters. The van der Waals surface area contributed by atoms with Crippen molar-refractivity contribution < 1.29 is 23.5 Å². The summed E-state index contributed by atoms with van der Waals surface area (Å²) in [5, 5.41) is 3.92. The number of halogens is 1. The van der Waals surface area contributed by atoms with Crippen LogP contribution in [0.5, 0.6) is 5.75 Å². The van der Waals surface area contributed by atoms with Gasteiger partial charge >= 0.3 is 5.97 Å². The normalized spacial score (nSPS) is 10.4. The number of esters is 1. The molecule has 0 amide bonds. The molecule has 116 valence electrons. The lowest BCUT2D eigenvalue weighted by Gasteiger charge is -2.08. The molecule has 6 nitrogen and oxygen atoms in total. The summed E-state index contributed by atoms with van der Waals surface area (Å²) in [6, 6.07) is 3.57. The number of nitrogens with zero attached hydrogens (tertiary/aromatic N) is 2. The first-order chi connectivity index (χ1) is 10.4. The summed E-state index contributed by atoms with van der Waals surface area (Å²) < 4.78 is 24.7. The minimum atomic E-state index is -0.658. The first-order valence-electron chi connectivity index (χ1n) is 6.46. The number of hydrogen-bond donors (Lipinski definition) is 0. The molecule has 0 aliphatic heterocycles. The Morgan fingerprint density at radius 2 is 2.05 bits per heavy atom. The Morgan fingerprint density at radius 3 is 2.64 bits per heavy atom. The number of aromatic nitrogens is 2. The molecule has 0 aliphatic carbocycles. The van der Waals surface area contributed by atoms with Gasteiger partial charge < -0.3 is 9.47 Å². The van der Waals surface area contributed by atoms with Crippen LogP contribution in [-0.2, 0) is 11.8 Å². The van der Waals surface area contributed by atoms with Crippen molar-refractivity contribution in [3.63, 3.8) is 0 Å². The molecule has 2 aromatic rings. The highest BCUT2D eigenvalue weighted by Crippen LogP contribution is 2.20. The minimum absolute atomic E-state index is 0.0261. The van der Waals surface area contributed by atoms with Gasteiger partial charge in [-0.15, -0.1) is 0 Å². The molecule has 1 aromatic carbocycles. The molecule has 0 fully saturated rings. The van der Waals surface area contributed by atoms with Crippen molar-refractivity contribution in [2.24, 2.45) is 7.05 Å². The number of hydrogen-bond acceptors (Lipinski definition) is 5. The van der Waals surface area contributed by atoms with Crippen LogP contribution in [0.2, 0.25) is 0 Å². The van der Waals surface area contributed by atoms with E-state index in [1.807, 2.05) is 0 Å². The average molecular weight is 306 g/mol. The summed E-state index contributed by atoms with van der Waals surface area (Å²) in [4.78, 5) is 24.0. The standard InChI is InChI=1S/C15H15FN2O4/c1-9-12(7-17-18(9)2)15(20)22-8-13(19)11-6-10(16)4-5-14(11)21-3/h4-7H,8H2,1-3H3. The van der Waals surface area contributed by atoms with E-state index in [9.17, 15) is 14.0 Å². The third kappa shape index (κ3) is 3.13. The van der Waals surface area contributed by atoms with E-state index >= 15 is 0 Å². The number of carbonyl (C=O) groups excluding carboxylic acids is 2. The van der Waals surface area contributed by atoms with Gasteiger partial charge in [-0.2, -0.15) is 5.10 Å². The molecule has 1 heterocycles. The van der Waals surface area contributed by atoms with E-state index in [1.165, 1.54) is 30.1 Å². The van der Waals surface area contributed by atoms with Crippen LogP contribution in [0.3, 0.4) is 0 Å². The Hall–Kier alpha value is -2.70. The van der Waals surface area contributed by atoms with Crippen molar-refractivity contribution in [2.75, 3.05) is 13.7 Å². The highest BCUT2D eigenvalue weighted by atomic mass is 19.1. The number of aryl methyl sites for hydroxylation is 1. The van der Waals surface area contributed by atoms with E-state index in [0.29, 0.717) is 5.69 Å². The highest BCUT2D eigenvalue weighted by molar-refractivity contribution is 6.01. The second kappa shape index (κ2) is 6.38. The second-order valence-corrected chi connectivity index (χ2v) is 4.61. The summed E-state index contributed by atoms with van der Waals surface area (Å²) in [6.07, 6.45) is 1.37. The maximum absolute atomic E-state index is 13.2. The van der Waals surface area contributed by atoms with E-state index in [-0.39, 0.29) is 16.9 Å². The molecule has 0 saturated heterocycles. The lowest BCUT2D eigenvalue weighted by molar-refractivity contribution is 0.0473. The van der Waals surface area contributed by atoms with Crippen LogP contribution in [0.15, 0.2) is 24.4 Å². The first-order valence-corrected chi connectivity index (χ1v) is 6.46. The number of carbonyl (C=O) groups is 2. The van der Waals surface area contributed by atoms with Gasteiger partial charge in [-0.05, 0) is 25.1 Å². The van der Waals surface area contributed by atoms with Crippen molar-refractivity contribution in [3.05, 3.63) is 47.0 Å². The van der Waals surface area contributed by atoms with E-state index in [1.54, 1.807) is 14.0 Å². The zero-order valence-electron chi connectivity index (χ0n) is 12.4. The Morgan fingerprint density at radius 1 is 1.32 bits per heavy atom. The van der Waals surface area contributed by atoms with Crippen LogP contribution in [0, 0.1) is 12.7 Å². The van der Waals surface area contributed by atoms with E-state index in [0.717, 1.165) is 6.07 Å². The first kappa shape index (κ1) is 15.7. The number of Topliss-reactive ketones (excluding diaryl/α,β-unsaturated/α-hetero) is 1. The molecule has 0 aliphatic rings.